The van der Waals surface area contributed by atoms with Gasteiger partial charge in [-0.2, -0.15) is 0 Å². The van der Waals surface area contributed by atoms with Gasteiger partial charge in [0.05, 0.1) is 12.3 Å². The fourth-order valence-electron chi connectivity index (χ4n) is 2.79. The Morgan fingerprint density at radius 3 is 1.96 bits per heavy atom. The van der Waals surface area contributed by atoms with E-state index in [1.807, 2.05) is 30.3 Å². The predicted molar refractivity (Wildman–Crippen MR) is 106 cm³/mol. The van der Waals surface area contributed by atoms with Crippen molar-refractivity contribution in [3.63, 3.8) is 0 Å². The number of unbranched alkanes of at least 4 members (excludes halogenated alkanes) is 11. The molecular weight excluding hydrogens is 294 g/mol. The van der Waals surface area contributed by atoms with Gasteiger partial charge in [-0.15, -0.1) is 0 Å². The van der Waals surface area contributed by atoms with E-state index < -0.39 is 0 Å². The highest BCUT2D eigenvalue weighted by Crippen LogP contribution is 2.12. The van der Waals surface area contributed by atoms with Crippen molar-refractivity contribution in [2.24, 2.45) is 0 Å². The van der Waals surface area contributed by atoms with Crippen molar-refractivity contribution in [1.82, 2.24) is 0 Å². The average molecular weight is 332 g/mol. The molecule has 0 aliphatic rings. The number of para-hydroxylation sites is 1. The summed E-state index contributed by atoms with van der Waals surface area (Å²) in [4.78, 5) is 5.39. The van der Waals surface area contributed by atoms with Crippen LogP contribution in [0.4, 0.5) is 5.69 Å². The van der Waals surface area contributed by atoms with Crippen LogP contribution in [0.2, 0.25) is 0 Å². The minimum absolute atomic E-state index is 0.618. The first-order valence-electron chi connectivity index (χ1n) is 10.0. The monoisotopic (exact) mass is 331 g/mol. The first-order valence-corrected chi connectivity index (χ1v) is 10.0. The van der Waals surface area contributed by atoms with Crippen molar-refractivity contribution in [1.29, 1.82) is 0 Å². The third-order valence-electron chi connectivity index (χ3n) is 4.28. The van der Waals surface area contributed by atoms with Crippen LogP contribution in [0.15, 0.2) is 42.5 Å². The van der Waals surface area contributed by atoms with Crippen LogP contribution in [0.3, 0.4) is 0 Å². The third kappa shape index (κ3) is 13.2. The van der Waals surface area contributed by atoms with E-state index in [1.165, 1.54) is 77.0 Å². The van der Waals surface area contributed by atoms with Gasteiger partial charge in [-0.1, -0.05) is 101 Å². The van der Waals surface area contributed by atoms with Crippen molar-refractivity contribution < 1.29 is 4.84 Å². The highest BCUT2D eigenvalue weighted by atomic mass is 16.6. The average Bonchev–Trinajstić information content (AvgIpc) is 2.62. The van der Waals surface area contributed by atoms with Gasteiger partial charge in [0, 0.05) is 0 Å². The van der Waals surface area contributed by atoms with Crippen LogP contribution in [0.25, 0.3) is 0 Å². The molecule has 0 saturated heterocycles. The molecule has 0 aromatic heterocycles. The van der Waals surface area contributed by atoms with Crippen molar-refractivity contribution >= 4 is 5.69 Å². The van der Waals surface area contributed by atoms with E-state index in [0.717, 1.165) is 5.69 Å². The van der Waals surface area contributed by atoms with Gasteiger partial charge in [0.15, 0.2) is 0 Å². The largest absolute Gasteiger partial charge is 0.272 e. The van der Waals surface area contributed by atoms with E-state index in [2.05, 4.69) is 24.6 Å². The second-order valence-corrected chi connectivity index (χ2v) is 6.57. The Morgan fingerprint density at radius 1 is 0.750 bits per heavy atom. The molecule has 136 valence electrons. The number of anilines is 1. The van der Waals surface area contributed by atoms with Gasteiger partial charge in [0.1, 0.15) is 0 Å². The molecule has 2 heteroatoms. The Hall–Kier alpha value is -1.28. The molecule has 0 unspecified atom stereocenters. The molecule has 1 aromatic rings. The van der Waals surface area contributed by atoms with E-state index >= 15 is 0 Å². The molecule has 0 aliphatic carbocycles. The van der Waals surface area contributed by atoms with Crippen LogP contribution in [-0.4, -0.2) is 6.61 Å². The zero-order chi connectivity index (χ0) is 17.1. The number of rotatable bonds is 16. The smallest absolute Gasteiger partial charge is 0.0927 e. The normalized spacial score (nSPS) is 11.2. The van der Waals surface area contributed by atoms with E-state index in [1.54, 1.807) is 0 Å². The molecule has 1 aromatic carbocycles. The first-order chi connectivity index (χ1) is 11.9. The van der Waals surface area contributed by atoms with Crippen LogP contribution in [0.1, 0.15) is 84.0 Å². The minimum Gasteiger partial charge on any atom is -0.272 e. The van der Waals surface area contributed by atoms with Crippen molar-refractivity contribution in [3.8, 4) is 0 Å². The lowest BCUT2D eigenvalue weighted by Crippen LogP contribution is -2.00. The molecular formula is C22H37NO. The van der Waals surface area contributed by atoms with Gasteiger partial charge < -0.3 is 0 Å². The number of hydrogen-bond donors (Lipinski definition) is 1. The molecule has 1 rings (SSSR count). The maximum Gasteiger partial charge on any atom is 0.0927 e. The quantitative estimate of drug-likeness (QED) is 0.195. The fourth-order valence-corrected chi connectivity index (χ4v) is 2.79. The first kappa shape index (κ1) is 20.8. The summed E-state index contributed by atoms with van der Waals surface area (Å²) in [6.45, 7) is 2.90. The Bertz CT molecular complexity index is 388. The molecule has 2 nitrogen and oxygen atoms in total. The zero-order valence-electron chi connectivity index (χ0n) is 15.6. The molecule has 0 saturated carbocycles. The predicted octanol–water partition coefficient (Wildman–Crippen LogP) is 7.29. The second-order valence-electron chi connectivity index (χ2n) is 6.57. The Kier molecular flexibility index (Phi) is 14.3. The van der Waals surface area contributed by atoms with Crippen molar-refractivity contribution in [2.75, 3.05) is 12.1 Å². The maximum atomic E-state index is 5.39. The van der Waals surface area contributed by atoms with E-state index in [9.17, 15) is 0 Å². The summed E-state index contributed by atoms with van der Waals surface area (Å²) in [5.74, 6) is 0. The third-order valence-corrected chi connectivity index (χ3v) is 4.28. The molecule has 24 heavy (non-hydrogen) atoms. The fraction of sp³-hybridized carbons (Fsp3) is 0.636. The van der Waals surface area contributed by atoms with E-state index in [4.69, 9.17) is 4.84 Å². The summed E-state index contributed by atoms with van der Waals surface area (Å²) in [5.41, 5.74) is 3.94. The van der Waals surface area contributed by atoms with Crippen LogP contribution in [-0.2, 0) is 4.84 Å². The summed E-state index contributed by atoms with van der Waals surface area (Å²) >= 11 is 0. The standard InChI is InChI=1S/C22H37NO/c1-2-3-4-5-6-7-8-9-10-11-12-13-14-18-21-24-23-22-19-16-15-17-20-22/h14-20,23H,2-13,21H2,1H3. The SMILES string of the molecule is CCCCCCCCCCCCCC=CCONc1ccccc1. The topological polar surface area (TPSA) is 21.3 Å². The van der Waals surface area contributed by atoms with Crippen LogP contribution in [0.5, 0.6) is 0 Å². The molecule has 0 amide bonds. The number of nitrogens with one attached hydrogen (secondary N) is 1. The summed E-state index contributed by atoms with van der Waals surface area (Å²) in [5, 5.41) is 0. The Labute approximate surface area is 149 Å². The van der Waals surface area contributed by atoms with Gasteiger partial charge in [0.2, 0.25) is 0 Å². The van der Waals surface area contributed by atoms with Crippen LogP contribution >= 0.6 is 0 Å². The Morgan fingerprint density at radius 2 is 1.33 bits per heavy atom. The number of benzene rings is 1. The second kappa shape index (κ2) is 16.6. The molecule has 0 aliphatic heterocycles. The maximum absolute atomic E-state index is 5.39. The lowest BCUT2D eigenvalue weighted by atomic mass is 10.1. The molecule has 0 heterocycles. The molecule has 1 N–H and O–H groups in total. The summed E-state index contributed by atoms with van der Waals surface area (Å²) in [6, 6.07) is 9.98. The summed E-state index contributed by atoms with van der Waals surface area (Å²) in [7, 11) is 0. The summed E-state index contributed by atoms with van der Waals surface area (Å²) < 4.78 is 0. The van der Waals surface area contributed by atoms with E-state index in [-0.39, 0.29) is 0 Å². The highest BCUT2D eigenvalue weighted by Gasteiger charge is 1.92. The lowest BCUT2D eigenvalue weighted by molar-refractivity contribution is 0.228. The number of hydrogen-bond acceptors (Lipinski definition) is 2. The molecule has 0 spiro atoms. The van der Waals surface area contributed by atoms with Gasteiger partial charge in [-0.25, -0.2) is 0 Å². The van der Waals surface area contributed by atoms with Gasteiger partial charge in [-0.05, 0) is 25.0 Å². The van der Waals surface area contributed by atoms with Crippen molar-refractivity contribution in [3.05, 3.63) is 42.5 Å². The van der Waals surface area contributed by atoms with Crippen molar-refractivity contribution in [2.45, 2.75) is 84.0 Å². The van der Waals surface area contributed by atoms with Gasteiger partial charge in [-0.3, -0.25) is 10.3 Å². The lowest BCUT2D eigenvalue weighted by Gasteiger charge is -2.04. The molecule has 0 radical (unpaired) electrons. The van der Waals surface area contributed by atoms with Crippen LogP contribution in [0, 0.1) is 0 Å². The van der Waals surface area contributed by atoms with E-state index in [0.29, 0.717) is 6.61 Å². The highest BCUT2D eigenvalue weighted by molar-refractivity contribution is 5.39. The zero-order valence-corrected chi connectivity index (χ0v) is 15.6. The van der Waals surface area contributed by atoms with Crippen LogP contribution < -0.4 is 5.48 Å². The van der Waals surface area contributed by atoms with Gasteiger partial charge >= 0.3 is 0 Å². The molecule has 0 bridgehead atoms. The Balaban J connectivity index is 1.77. The molecule has 0 fully saturated rings. The van der Waals surface area contributed by atoms with Gasteiger partial charge in [0.25, 0.3) is 0 Å². The summed E-state index contributed by atoms with van der Waals surface area (Å²) in [6.07, 6.45) is 21.0. The minimum atomic E-state index is 0.618. The number of allylic oxidation sites excluding steroid dienone is 1. The molecule has 0 atom stereocenters.